The maximum Gasteiger partial charge on any atom is 0.272 e. The van der Waals surface area contributed by atoms with E-state index in [-0.39, 0.29) is 17.4 Å². The second-order valence-corrected chi connectivity index (χ2v) is 7.91. The maximum atomic E-state index is 12.5. The lowest BCUT2D eigenvalue weighted by molar-refractivity contribution is -0.118. The molecule has 5 N–H and O–H groups in total. The topological polar surface area (TPSA) is 104 Å². The molecule has 1 fully saturated rings. The fourth-order valence-electron chi connectivity index (χ4n) is 4.13. The molecule has 1 atom stereocenters. The summed E-state index contributed by atoms with van der Waals surface area (Å²) in [5.41, 5.74) is 9.26. The SMILES string of the molecule is CC1CCC([C@H](N)C(=O)Nc2ccc(-c3c[nH]c(=O)c4[nH]ccc34)cc2)CC1. The largest absolute Gasteiger partial charge is 0.357 e. The van der Waals surface area contributed by atoms with Crippen molar-refractivity contribution in [2.75, 3.05) is 5.32 Å². The fraction of sp³-hybridized carbons (Fsp3) is 0.364. The van der Waals surface area contributed by atoms with Crippen molar-refractivity contribution in [3.8, 4) is 11.1 Å². The van der Waals surface area contributed by atoms with Crippen LogP contribution >= 0.6 is 0 Å². The molecule has 0 bridgehead atoms. The minimum Gasteiger partial charge on any atom is -0.357 e. The minimum absolute atomic E-state index is 0.121. The first-order chi connectivity index (χ1) is 13.5. The van der Waals surface area contributed by atoms with E-state index in [4.69, 9.17) is 5.73 Å². The zero-order valence-corrected chi connectivity index (χ0v) is 16.0. The number of pyridine rings is 1. The van der Waals surface area contributed by atoms with E-state index in [1.807, 2.05) is 30.3 Å². The number of carbonyl (C=O) groups excluding carboxylic acids is 1. The van der Waals surface area contributed by atoms with Gasteiger partial charge in [-0.05, 0) is 48.4 Å². The molecule has 1 saturated carbocycles. The summed E-state index contributed by atoms with van der Waals surface area (Å²) in [4.78, 5) is 30.1. The molecule has 0 aliphatic heterocycles. The van der Waals surface area contributed by atoms with Gasteiger partial charge in [-0.25, -0.2) is 0 Å². The van der Waals surface area contributed by atoms with Crippen molar-refractivity contribution in [3.63, 3.8) is 0 Å². The average Bonchev–Trinajstić information content (AvgIpc) is 3.20. The van der Waals surface area contributed by atoms with Crippen molar-refractivity contribution in [3.05, 3.63) is 53.1 Å². The van der Waals surface area contributed by atoms with Crippen LogP contribution < -0.4 is 16.6 Å². The summed E-state index contributed by atoms with van der Waals surface area (Å²) in [7, 11) is 0. The molecule has 6 heteroatoms. The van der Waals surface area contributed by atoms with Gasteiger partial charge in [0.2, 0.25) is 5.91 Å². The highest BCUT2D eigenvalue weighted by Gasteiger charge is 2.28. The Balaban J connectivity index is 1.47. The van der Waals surface area contributed by atoms with Crippen LogP contribution in [0, 0.1) is 11.8 Å². The molecule has 4 rings (SSSR count). The summed E-state index contributed by atoms with van der Waals surface area (Å²) < 4.78 is 0. The summed E-state index contributed by atoms with van der Waals surface area (Å²) in [6.07, 6.45) is 7.80. The van der Waals surface area contributed by atoms with Gasteiger partial charge in [-0.1, -0.05) is 31.9 Å². The summed E-state index contributed by atoms with van der Waals surface area (Å²) in [5, 5.41) is 3.81. The van der Waals surface area contributed by atoms with Crippen molar-refractivity contribution < 1.29 is 4.79 Å². The zero-order chi connectivity index (χ0) is 19.7. The number of anilines is 1. The van der Waals surface area contributed by atoms with E-state index >= 15 is 0 Å². The highest BCUT2D eigenvalue weighted by atomic mass is 16.2. The third kappa shape index (κ3) is 3.60. The predicted octanol–water partition coefficient (Wildman–Crippen LogP) is 3.62. The van der Waals surface area contributed by atoms with E-state index in [1.54, 1.807) is 12.4 Å². The molecule has 1 aliphatic carbocycles. The standard InChI is InChI=1S/C22H26N4O2/c1-13-2-4-15(5-3-13)19(23)21(27)26-16-8-6-14(7-9-16)18-12-25-22(28)20-17(18)10-11-24-20/h6-13,15,19,24H,2-5,23H2,1H3,(H,25,28)(H,26,27)/t13?,15?,19-/m0/s1. The van der Waals surface area contributed by atoms with Gasteiger partial charge in [0.05, 0.1) is 6.04 Å². The Morgan fingerprint density at radius 3 is 2.54 bits per heavy atom. The number of aromatic nitrogens is 2. The average molecular weight is 378 g/mol. The number of amides is 1. The Labute approximate surface area is 163 Å². The number of nitrogens with one attached hydrogen (secondary N) is 3. The fourth-order valence-corrected chi connectivity index (χ4v) is 4.13. The van der Waals surface area contributed by atoms with Crippen LogP contribution in [0.2, 0.25) is 0 Å². The number of H-pyrrole nitrogens is 2. The Bertz CT molecular complexity index is 1030. The maximum absolute atomic E-state index is 12.5. The minimum atomic E-state index is -0.467. The van der Waals surface area contributed by atoms with E-state index in [9.17, 15) is 9.59 Å². The highest BCUT2D eigenvalue weighted by molar-refractivity contribution is 5.96. The van der Waals surface area contributed by atoms with Crippen LogP contribution in [-0.4, -0.2) is 21.9 Å². The molecule has 2 aromatic heterocycles. The molecule has 0 radical (unpaired) electrons. The van der Waals surface area contributed by atoms with Gasteiger partial charge >= 0.3 is 0 Å². The van der Waals surface area contributed by atoms with Crippen LogP contribution in [-0.2, 0) is 4.79 Å². The summed E-state index contributed by atoms with van der Waals surface area (Å²) in [5.74, 6) is 0.876. The molecule has 6 nitrogen and oxygen atoms in total. The predicted molar refractivity (Wildman–Crippen MR) is 112 cm³/mol. The molecular formula is C22H26N4O2. The summed E-state index contributed by atoms with van der Waals surface area (Å²) in [6.45, 7) is 2.26. The monoisotopic (exact) mass is 378 g/mol. The molecule has 146 valence electrons. The van der Waals surface area contributed by atoms with Crippen LogP contribution in [0.15, 0.2) is 47.5 Å². The number of hydrogen-bond donors (Lipinski definition) is 4. The van der Waals surface area contributed by atoms with E-state index in [0.29, 0.717) is 5.52 Å². The van der Waals surface area contributed by atoms with Crippen LogP contribution in [0.1, 0.15) is 32.6 Å². The quantitative estimate of drug-likeness (QED) is 0.557. The smallest absolute Gasteiger partial charge is 0.272 e. The number of rotatable bonds is 4. The summed E-state index contributed by atoms with van der Waals surface area (Å²) in [6, 6.07) is 9.02. The first-order valence-corrected chi connectivity index (χ1v) is 9.88. The zero-order valence-electron chi connectivity index (χ0n) is 16.0. The molecule has 1 aliphatic rings. The number of carbonyl (C=O) groups is 1. The lowest BCUT2D eigenvalue weighted by atomic mass is 9.79. The molecule has 0 unspecified atom stereocenters. The number of benzene rings is 1. The number of fused-ring (bicyclic) bond motifs is 1. The third-order valence-electron chi connectivity index (χ3n) is 5.95. The molecule has 28 heavy (non-hydrogen) atoms. The first kappa shape index (κ1) is 18.5. The van der Waals surface area contributed by atoms with Crippen LogP contribution in [0.5, 0.6) is 0 Å². The van der Waals surface area contributed by atoms with Gasteiger partial charge in [0.1, 0.15) is 5.52 Å². The van der Waals surface area contributed by atoms with Gasteiger partial charge in [-0.2, -0.15) is 0 Å². The Morgan fingerprint density at radius 2 is 1.82 bits per heavy atom. The first-order valence-electron chi connectivity index (χ1n) is 9.88. The molecule has 0 spiro atoms. The third-order valence-corrected chi connectivity index (χ3v) is 5.95. The molecule has 1 aromatic carbocycles. The van der Waals surface area contributed by atoms with Gasteiger partial charge in [-0.3, -0.25) is 9.59 Å². The van der Waals surface area contributed by atoms with E-state index in [0.717, 1.165) is 53.8 Å². The molecule has 0 saturated heterocycles. The van der Waals surface area contributed by atoms with Crippen molar-refractivity contribution >= 4 is 22.5 Å². The Morgan fingerprint density at radius 1 is 1.11 bits per heavy atom. The van der Waals surface area contributed by atoms with Crippen LogP contribution in [0.25, 0.3) is 22.0 Å². The van der Waals surface area contributed by atoms with Gasteiger partial charge in [0.15, 0.2) is 0 Å². The lowest BCUT2D eigenvalue weighted by Crippen LogP contribution is -2.43. The molecule has 3 aromatic rings. The molecule has 2 heterocycles. The van der Waals surface area contributed by atoms with Crippen molar-refractivity contribution in [2.45, 2.75) is 38.6 Å². The second kappa shape index (κ2) is 7.64. The normalized spacial score (nSPS) is 20.8. The Kier molecular flexibility index (Phi) is 5.05. The lowest BCUT2D eigenvalue weighted by Gasteiger charge is -2.29. The molecule has 1 amide bonds. The van der Waals surface area contributed by atoms with Gasteiger partial charge in [-0.15, -0.1) is 0 Å². The van der Waals surface area contributed by atoms with Crippen molar-refractivity contribution in [1.29, 1.82) is 0 Å². The summed E-state index contributed by atoms with van der Waals surface area (Å²) >= 11 is 0. The van der Waals surface area contributed by atoms with Crippen LogP contribution in [0.3, 0.4) is 0 Å². The molecular weight excluding hydrogens is 352 g/mol. The number of aromatic amines is 2. The van der Waals surface area contributed by atoms with E-state index < -0.39 is 6.04 Å². The van der Waals surface area contributed by atoms with E-state index in [2.05, 4.69) is 22.2 Å². The Hall–Kier alpha value is -2.86. The van der Waals surface area contributed by atoms with Crippen LogP contribution in [0.4, 0.5) is 5.69 Å². The van der Waals surface area contributed by atoms with Gasteiger partial charge in [0.25, 0.3) is 5.56 Å². The number of nitrogens with two attached hydrogens (primary N) is 1. The highest BCUT2D eigenvalue weighted by Crippen LogP contribution is 2.30. The van der Waals surface area contributed by atoms with E-state index in [1.165, 1.54) is 0 Å². The van der Waals surface area contributed by atoms with Gasteiger partial charge in [0, 0.05) is 29.0 Å². The van der Waals surface area contributed by atoms with Crippen molar-refractivity contribution in [2.24, 2.45) is 17.6 Å². The van der Waals surface area contributed by atoms with Gasteiger partial charge < -0.3 is 21.0 Å². The second-order valence-electron chi connectivity index (χ2n) is 7.91. The number of hydrogen-bond acceptors (Lipinski definition) is 3. The van der Waals surface area contributed by atoms with Crippen molar-refractivity contribution in [1.82, 2.24) is 9.97 Å².